The summed E-state index contributed by atoms with van der Waals surface area (Å²) >= 11 is 0. The molecular formula is C11H16N4. The van der Waals surface area contributed by atoms with Gasteiger partial charge in [-0.3, -0.25) is 4.40 Å². The molecule has 80 valence electrons. The Bertz CT molecular complexity index is 505. The Kier molecular flexibility index (Phi) is 1.96. The second kappa shape index (κ2) is 2.95. The smallest absolute Gasteiger partial charge is 0.161 e. The first-order valence-corrected chi connectivity index (χ1v) is 5.01. The minimum absolute atomic E-state index is 0.0267. The maximum absolute atomic E-state index is 5.88. The molecular weight excluding hydrogens is 188 g/mol. The number of nitrogens with two attached hydrogens (primary N) is 1. The van der Waals surface area contributed by atoms with Crippen molar-refractivity contribution in [1.29, 1.82) is 0 Å². The standard InChI is InChI=1S/C11H16N4/c1-7-5-9-13-14-10(11(2,3)4)15(9)6-8(7)12/h5-6H,12H2,1-4H3. The highest BCUT2D eigenvalue weighted by atomic mass is 15.3. The van der Waals surface area contributed by atoms with Crippen LogP contribution in [-0.2, 0) is 5.41 Å². The number of pyridine rings is 1. The van der Waals surface area contributed by atoms with E-state index >= 15 is 0 Å². The molecule has 0 aromatic carbocycles. The van der Waals surface area contributed by atoms with Crippen LogP contribution in [0.25, 0.3) is 5.65 Å². The van der Waals surface area contributed by atoms with Crippen molar-refractivity contribution in [3.63, 3.8) is 0 Å². The first kappa shape index (κ1) is 9.96. The number of hydrogen-bond donors (Lipinski definition) is 1. The van der Waals surface area contributed by atoms with Gasteiger partial charge in [0.25, 0.3) is 0 Å². The van der Waals surface area contributed by atoms with E-state index in [0.29, 0.717) is 0 Å². The summed E-state index contributed by atoms with van der Waals surface area (Å²) in [6.07, 6.45) is 1.89. The van der Waals surface area contributed by atoms with Gasteiger partial charge in [-0.2, -0.15) is 0 Å². The predicted octanol–water partition coefficient (Wildman–Crippen LogP) is 1.92. The number of hydrogen-bond acceptors (Lipinski definition) is 3. The number of nitrogen functional groups attached to an aromatic ring is 1. The van der Waals surface area contributed by atoms with Gasteiger partial charge in [0.1, 0.15) is 5.82 Å². The minimum atomic E-state index is -0.0267. The van der Waals surface area contributed by atoms with Gasteiger partial charge in [-0.25, -0.2) is 0 Å². The zero-order chi connectivity index (χ0) is 11.2. The number of aromatic nitrogens is 3. The van der Waals surface area contributed by atoms with E-state index in [1.165, 1.54) is 0 Å². The molecule has 15 heavy (non-hydrogen) atoms. The SMILES string of the molecule is Cc1cc2nnc(C(C)(C)C)n2cc1N. The third kappa shape index (κ3) is 1.56. The lowest BCUT2D eigenvalue weighted by atomic mass is 9.96. The maximum Gasteiger partial charge on any atom is 0.161 e. The monoisotopic (exact) mass is 204 g/mol. The number of fused-ring (bicyclic) bond motifs is 1. The summed E-state index contributed by atoms with van der Waals surface area (Å²) in [5, 5.41) is 8.35. The summed E-state index contributed by atoms with van der Waals surface area (Å²) < 4.78 is 1.96. The van der Waals surface area contributed by atoms with E-state index < -0.39 is 0 Å². The first-order chi connectivity index (χ1) is 6.89. The van der Waals surface area contributed by atoms with Gasteiger partial charge in [0.2, 0.25) is 0 Å². The van der Waals surface area contributed by atoms with Gasteiger partial charge in [-0.05, 0) is 18.6 Å². The second-order valence-electron chi connectivity index (χ2n) is 4.91. The molecule has 4 nitrogen and oxygen atoms in total. The average Bonchev–Trinajstić information content (AvgIpc) is 2.47. The van der Waals surface area contributed by atoms with E-state index in [1.807, 2.05) is 23.6 Å². The van der Waals surface area contributed by atoms with Crippen LogP contribution >= 0.6 is 0 Å². The Morgan fingerprint density at radius 1 is 1.27 bits per heavy atom. The van der Waals surface area contributed by atoms with Crippen molar-refractivity contribution < 1.29 is 0 Å². The topological polar surface area (TPSA) is 56.2 Å². The molecule has 2 N–H and O–H groups in total. The quantitative estimate of drug-likeness (QED) is 0.713. The highest BCUT2D eigenvalue weighted by Crippen LogP contribution is 2.22. The van der Waals surface area contributed by atoms with Crippen molar-refractivity contribution in [2.75, 3.05) is 5.73 Å². The third-order valence-electron chi connectivity index (χ3n) is 2.46. The van der Waals surface area contributed by atoms with Gasteiger partial charge < -0.3 is 5.73 Å². The molecule has 0 radical (unpaired) electrons. The van der Waals surface area contributed by atoms with E-state index in [4.69, 9.17) is 5.73 Å². The number of anilines is 1. The van der Waals surface area contributed by atoms with Crippen molar-refractivity contribution in [3.05, 3.63) is 23.7 Å². The van der Waals surface area contributed by atoms with Crippen LogP contribution in [0.3, 0.4) is 0 Å². The van der Waals surface area contributed by atoms with Crippen LogP contribution in [0.5, 0.6) is 0 Å². The molecule has 4 heteroatoms. The third-order valence-corrected chi connectivity index (χ3v) is 2.46. The Morgan fingerprint density at radius 2 is 1.93 bits per heavy atom. The molecule has 2 rings (SSSR count). The fourth-order valence-corrected chi connectivity index (χ4v) is 1.56. The van der Waals surface area contributed by atoms with E-state index in [0.717, 1.165) is 22.7 Å². The van der Waals surface area contributed by atoms with E-state index in [-0.39, 0.29) is 5.41 Å². The summed E-state index contributed by atoms with van der Waals surface area (Å²) in [6, 6.07) is 1.96. The molecule has 0 bridgehead atoms. The van der Waals surface area contributed by atoms with E-state index in [9.17, 15) is 0 Å². The average molecular weight is 204 g/mol. The van der Waals surface area contributed by atoms with E-state index in [2.05, 4.69) is 31.0 Å². The van der Waals surface area contributed by atoms with Gasteiger partial charge in [0.05, 0.1) is 5.69 Å². The van der Waals surface area contributed by atoms with Gasteiger partial charge in [-0.1, -0.05) is 20.8 Å². The van der Waals surface area contributed by atoms with Crippen molar-refractivity contribution >= 4 is 11.3 Å². The number of rotatable bonds is 0. The molecule has 2 heterocycles. The normalized spacial score (nSPS) is 12.3. The highest BCUT2D eigenvalue weighted by molar-refractivity contribution is 5.53. The van der Waals surface area contributed by atoms with Crippen LogP contribution in [0.4, 0.5) is 5.69 Å². The molecule has 0 saturated carbocycles. The number of aryl methyl sites for hydroxylation is 1. The Labute approximate surface area is 89.1 Å². The van der Waals surface area contributed by atoms with Gasteiger partial charge in [-0.15, -0.1) is 10.2 Å². The maximum atomic E-state index is 5.88. The highest BCUT2D eigenvalue weighted by Gasteiger charge is 2.20. The lowest BCUT2D eigenvalue weighted by Crippen LogP contribution is -2.16. The summed E-state index contributed by atoms with van der Waals surface area (Å²) in [6.45, 7) is 8.30. The van der Waals surface area contributed by atoms with Crippen LogP contribution in [0.15, 0.2) is 12.3 Å². The summed E-state index contributed by atoms with van der Waals surface area (Å²) in [4.78, 5) is 0. The first-order valence-electron chi connectivity index (χ1n) is 5.01. The summed E-state index contributed by atoms with van der Waals surface area (Å²) in [5.41, 5.74) is 8.52. The molecule has 2 aromatic heterocycles. The van der Waals surface area contributed by atoms with Crippen molar-refractivity contribution in [2.24, 2.45) is 0 Å². The van der Waals surface area contributed by atoms with Crippen LogP contribution in [0, 0.1) is 6.92 Å². The molecule has 0 saturated heterocycles. The molecule has 0 fully saturated rings. The molecule has 0 aliphatic heterocycles. The predicted molar refractivity (Wildman–Crippen MR) is 60.8 cm³/mol. The van der Waals surface area contributed by atoms with Crippen LogP contribution in [0.2, 0.25) is 0 Å². The Hall–Kier alpha value is -1.58. The van der Waals surface area contributed by atoms with Crippen molar-refractivity contribution in [2.45, 2.75) is 33.1 Å². The van der Waals surface area contributed by atoms with Crippen LogP contribution < -0.4 is 5.73 Å². The van der Waals surface area contributed by atoms with Crippen molar-refractivity contribution in [3.8, 4) is 0 Å². The molecule has 0 atom stereocenters. The number of nitrogens with zero attached hydrogens (tertiary/aromatic N) is 3. The zero-order valence-electron chi connectivity index (χ0n) is 9.57. The van der Waals surface area contributed by atoms with Gasteiger partial charge in [0, 0.05) is 11.6 Å². The van der Waals surface area contributed by atoms with Crippen molar-refractivity contribution in [1.82, 2.24) is 14.6 Å². The van der Waals surface area contributed by atoms with E-state index in [1.54, 1.807) is 0 Å². The lowest BCUT2D eigenvalue weighted by Gasteiger charge is -2.15. The molecule has 0 amide bonds. The largest absolute Gasteiger partial charge is 0.397 e. The second-order valence-corrected chi connectivity index (χ2v) is 4.91. The summed E-state index contributed by atoms with van der Waals surface area (Å²) in [5.74, 6) is 0.934. The lowest BCUT2D eigenvalue weighted by molar-refractivity contribution is 0.539. The van der Waals surface area contributed by atoms with Crippen LogP contribution in [0.1, 0.15) is 32.2 Å². The Balaban J connectivity index is 2.75. The van der Waals surface area contributed by atoms with Gasteiger partial charge >= 0.3 is 0 Å². The minimum Gasteiger partial charge on any atom is -0.397 e. The zero-order valence-corrected chi connectivity index (χ0v) is 9.57. The summed E-state index contributed by atoms with van der Waals surface area (Å²) in [7, 11) is 0. The molecule has 0 aliphatic rings. The fourth-order valence-electron chi connectivity index (χ4n) is 1.56. The molecule has 0 unspecified atom stereocenters. The molecule has 0 aliphatic carbocycles. The fraction of sp³-hybridized carbons (Fsp3) is 0.455. The van der Waals surface area contributed by atoms with Gasteiger partial charge in [0.15, 0.2) is 5.65 Å². The molecule has 0 spiro atoms. The molecule has 2 aromatic rings. The van der Waals surface area contributed by atoms with Crippen LogP contribution in [-0.4, -0.2) is 14.6 Å². The Morgan fingerprint density at radius 3 is 2.53 bits per heavy atom.